The van der Waals surface area contributed by atoms with Gasteiger partial charge in [0.1, 0.15) is 5.69 Å². The number of hydrogen-bond donors (Lipinski definition) is 2. The molecule has 1 amide bonds. The molecule has 0 fully saturated rings. The molecule has 11 heteroatoms. The van der Waals surface area contributed by atoms with Gasteiger partial charge in [0, 0.05) is 18.9 Å². The molecule has 3 N–H and O–H groups in total. The third-order valence-corrected chi connectivity index (χ3v) is 5.48. The molecule has 0 saturated heterocycles. The van der Waals surface area contributed by atoms with E-state index in [1.807, 2.05) is 18.2 Å². The Labute approximate surface area is 160 Å². The van der Waals surface area contributed by atoms with Gasteiger partial charge in [0.05, 0.1) is 10.6 Å². The summed E-state index contributed by atoms with van der Waals surface area (Å²) in [4.78, 5) is 16.3. The van der Waals surface area contributed by atoms with Gasteiger partial charge in [-0.2, -0.15) is 0 Å². The summed E-state index contributed by atoms with van der Waals surface area (Å²) in [6.07, 6.45) is 1.67. The number of benzene rings is 1. The maximum atomic E-state index is 12.1. The lowest BCUT2D eigenvalue weighted by Gasteiger charge is -2.06. The molecular formula is C16H16N6O3S2. The van der Waals surface area contributed by atoms with Crippen molar-refractivity contribution in [3.63, 3.8) is 0 Å². The van der Waals surface area contributed by atoms with Crippen molar-refractivity contribution in [2.75, 3.05) is 11.1 Å². The zero-order valence-electron chi connectivity index (χ0n) is 14.2. The summed E-state index contributed by atoms with van der Waals surface area (Å²) < 4.78 is 24.2. The van der Waals surface area contributed by atoms with Crippen LogP contribution in [0.5, 0.6) is 0 Å². The molecule has 27 heavy (non-hydrogen) atoms. The molecule has 9 nitrogen and oxygen atoms in total. The summed E-state index contributed by atoms with van der Waals surface area (Å²) in [5.74, 6) is 0.466. The molecule has 0 spiro atoms. The molecule has 0 aliphatic rings. The minimum Gasteiger partial charge on any atom is -0.325 e. The molecule has 0 bridgehead atoms. The summed E-state index contributed by atoms with van der Waals surface area (Å²) in [6, 6.07) is 11.1. The topological polar surface area (TPSA) is 133 Å². The number of aromatic nitrogens is 4. The van der Waals surface area contributed by atoms with Gasteiger partial charge in [-0.3, -0.25) is 9.78 Å². The molecule has 0 aliphatic heterocycles. The van der Waals surface area contributed by atoms with E-state index in [-0.39, 0.29) is 16.6 Å². The van der Waals surface area contributed by atoms with Gasteiger partial charge in [0.15, 0.2) is 11.0 Å². The van der Waals surface area contributed by atoms with E-state index >= 15 is 0 Å². The van der Waals surface area contributed by atoms with Crippen LogP contribution < -0.4 is 10.5 Å². The first-order valence-corrected chi connectivity index (χ1v) is 10.2. The van der Waals surface area contributed by atoms with E-state index < -0.39 is 10.0 Å². The van der Waals surface area contributed by atoms with Crippen LogP contribution in [0, 0.1) is 0 Å². The fourth-order valence-corrected chi connectivity index (χ4v) is 3.44. The zero-order valence-corrected chi connectivity index (χ0v) is 15.9. The second-order valence-electron chi connectivity index (χ2n) is 5.49. The van der Waals surface area contributed by atoms with Gasteiger partial charge in [0.25, 0.3) is 0 Å². The molecule has 0 saturated carbocycles. The highest BCUT2D eigenvalue weighted by Crippen LogP contribution is 2.21. The highest BCUT2D eigenvalue weighted by molar-refractivity contribution is 7.99. The van der Waals surface area contributed by atoms with Crippen molar-refractivity contribution in [2.45, 2.75) is 10.1 Å². The van der Waals surface area contributed by atoms with Crippen LogP contribution in [0.2, 0.25) is 0 Å². The molecule has 3 aromatic rings. The first-order chi connectivity index (χ1) is 12.8. The van der Waals surface area contributed by atoms with E-state index in [1.54, 1.807) is 17.8 Å². The number of rotatable bonds is 6. The molecule has 0 unspecified atom stereocenters. The predicted molar refractivity (Wildman–Crippen MR) is 101 cm³/mol. The quantitative estimate of drug-likeness (QED) is 0.591. The minimum absolute atomic E-state index is 0.0176. The smallest absolute Gasteiger partial charge is 0.238 e. The third-order valence-electron chi connectivity index (χ3n) is 3.53. The number of hydrogen-bond acceptors (Lipinski definition) is 7. The van der Waals surface area contributed by atoms with Crippen LogP contribution in [0.3, 0.4) is 0 Å². The Balaban J connectivity index is 1.61. The van der Waals surface area contributed by atoms with Crippen molar-refractivity contribution < 1.29 is 13.2 Å². The maximum absolute atomic E-state index is 12.1. The number of anilines is 1. The van der Waals surface area contributed by atoms with E-state index in [0.29, 0.717) is 22.4 Å². The van der Waals surface area contributed by atoms with Crippen LogP contribution in [0.25, 0.3) is 11.5 Å². The highest BCUT2D eigenvalue weighted by atomic mass is 32.2. The molecule has 2 heterocycles. The van der Waals surface area contributed by atoms with Crippen LogP contribution in [0.1, 0.15) is 0 Å². The van der Waals surface area contributed by atoms with Crippen LogP contribution >= 0.6 is 11.8 Å². The number of nitrogens with zero attached hydrogens (tertiary/aromatic N) is 4. The summed E-state index contributed by atoms with van der Waals surface area (Å²) >= 11 is 1.23. The van der Waals surface area contributed by atoms with Gasteiger partial charge in [-0.15, -0.1) is 10.2 Å². The van der Waals surface area contributed by atoms with Crippen molar-refractivity contribution in [3.05, 3.63) is 48.7 Å². The average Bonchev–Trinajstić information content (AvgIpc) is 3.01. The number of thioether (sulfide) groups is 1. The number of nitrogens with two attached hydrogens (primary N) is 1. The lowest BCUT2D eigenvalue weighted by atomic mass is 10.3. The van der Waals surface area contributed by atoms with Gasteiger partial charge >= 0.3 is 0 Å². The predicted octanol–water partition coefficient (Wildman–Crippen LogP) is 1.26. The van der Waals surface area contributed by atoms with Crippen molar-refractivity contribution in [1.82, 2.24) is 19.7 Å². The Morgan fingerprint density at radius 2 is 1.93 bits per heavy atom. The lowest BCUT2D eigenvalue weighted by molar-refractivity contribution is -0.113. The van der Waals surface area contributed by atoms with E-state index in [9.17, 15) is 13.2 Å². The van der Waals surface area contributed by atoms with Crippen LogP contribution in [-0.2, 0) is 21.9 Å². The Kier molecular flexibility index (Phi) is 5.54. The van der Waals surface area contributed by atoms with Crippen LogP contribution in [-0.4, -0.2) is 39.8 Å². The summed E-state index contributed by atoms with van der Waals surface area (Å²) in [5, 5.41) is 16.5. The molecule has 2 aromatic heterocycles. The van der Waals surface area contributed by atoms with Crippen LogP contribution in [0.15, 0.2) is 58.7 Å². The van der Waals surface area contributed by atoms with Crippen molar-refractivity contribution >= 4 is 33.4 Å². The number of carbonyl (C=O) groups is 1. The van der Waals surface area contributed by atoms with Crippen LogP contribution in [0.4, 0.5) is 5.69 Å². The lowest BCUT2D eigenvalue weighted by Crippen LogP contribution is -2.15. The van der Waals surface area contributed by atoms with Crippen molar-refractivity contribution in [3.8, 4) is 11.5 Å². The summed E-state index contributed by atoms with van der Waals surface area (Å²) in [5.41, 5.74) is 1.17. The van der Waals surface area contributed by atoms with E-state index in [2.05, 4.69) is 20.5 Å². The average molecular weight is 404 g/mol. The number of primary sulfonamides is 1. The van der Waals surface area contributed by atoms with Crippen molar-refractivity contribution in [1.29, 1.82) is 0 Å². The number of sulfonamides is 1. The first kappa shape index (κ1) is 19.0. The SMILES string of the molecule is Cn1c(SCC(=O)Nc2ccc(S(N)(=O)=O)cc2)nnc1-c1ccccn1. The number of amides is 1. The third kappa shape index (κ3) is 4.70. The normalized spacial score (nSPS) is 11.3. The van der Waals surface area contributed by atoms with Gasteiger partial charge in [-0.05, 0) is 36.4 Å². The summed E-state index contributed by atoms with van der Waals surface area (Å²) in [6.45, 7) is 0. The molecule has 0 atom stereocenters. The molecule has 0 aliphatic carbocycles. The molecule has 1 aromatic carbocycles. The van der Waals surface area contributed by atoms with Crippen molar-refractivity contribution in [2.24, 2.45) is 12.2 Å². The molecule has 140 valence electrons. The van der Waals surface area contributed by atoms with E-state index in [1.165, 1.54) is 36.0 Å². The standard InChI is InChI=1S/C16H16N6O3S2/c1-22-15(13-4-2-3-9-18-13)20-21-16(22)26-10-14(23)19-11-5-7-12(8-6-11)27(17,24)25/h2-9H,10H2,1H3,(H,19,23)(H2,17,24,25). The molecule has 3 rings (SSSR count). The number of carbonyl (C=O) groups excluding carboxylic acids is 1. The highest BCUT2D eigenvalue weighted by Gasteiger charge is 2.14. The van der Waals surface area contributed by atoms with E-state index in [0.717, 1.165) is 0 Å². The Morgan fingerprint density at radius 3 is 2.56 bits per heavy atom. The van der Waals surface area contributed by atoms with Gasteiger partial charge in [0.2, 0.25) is 15.9 Å². The zero-order chi connectivity index (χ0) is 19.4. The second kappa shape index (κ2) is 7.86. The van der Waals surface area contributed by atoms with E-state index in [4.69, 9.17) is 5.14 Å². The second-order valence-corrected chi connectivity index (χ2v) is 7.99. The largest absolute Gasteiger partial charge is 0.325 e. The Morgan fingerprint density at radius 1 is 1.19 bits per heavy atom. The molecular weight excluding hydrogens is 388 g/mol. The van der Waals surface area contributed by atoms with Gasteiger partial charge < -0.3 is 9.88 Å². The number of nitrogens with one attached hydrogen (secondary N) is 1. The number of pyridine rings is 1. The fourth-order valence-electron chi connectivity index (χ4n) is 2.21. The first-order valence-electron chi connectivity index (χ1n) is 7.71. The monoisotopic (exact) mass is 404 g/mol. The van der Waals surface area contributed by atoms with Gasteiger partial charge in [-0.1, -0.05) is 17.8 Å². The van der Waals surface area contributed by atoms with Gasteiger partial charge in [-0.25, -0.2) is 13.6 Å². The fraction of sp³-hybridized carbons (Fsp3) is 0.125. The Hall–Kier alpha value is -2.76. The summed E-state index contributed by atoms with van der Waals surface area (Å²) in [7, 11) is -1.96. The maximum Gasteiger partial charge on any atom is 0.238 e. The minimum atomic E-state index is -3.76. The Bertz CT molecular complexity index is 1050. The molecule has 0 radical (unpaired) electrons.